The minimum Gasteiger partial charge on any atom is -0.448 e. The molecule has 20 atom stereocenters. The first-order valence-corrected chi connectivity index (χ1v) is 26.4. The molecule has 0 aliphatic carbocycles. The van der Waals surface area contributed by atoms with E-state index in [0.29, 0.717) is 12.0 Å². The molecule has 0 bridgehead atoms. The van der Waals surface area contributed by atoms with Gasteiger partial charge in [0.1, 0.15) is 30.6 Å². The lowest BCUT2D eigenvalue weighted by atomic mass is 9.68. The predicted octanol–water partition coefficient (Wildman–Crippen LogP) is 4.79. The molecule has 3 aliphatic rings. The lowest BCUT2D eigenvalue weighted by molar-refractivity contribution is -0.304. The number of aromatic nitrogens is 2. The Kier molecular flexibility index (Phi) is 21.1. The quantitative estimate of drug-likeness (QED) is 0.0718. The van der Waals surface area contributed by atoms with Crippen molar-refractivity contribution >= 4 is 46.1 Å². The van der Waals surface area contributed by atoms with E-state index in [9.17, 15) is 39.8 Å². The first-order valence-electron chi connectivity index (χ1n) is 25.2. The monoisotopic (exact) mass is 1140 g/mol. The van der Waals surface area contributed by atoms with Gasteiger partial charge in [0, 0.05) is 82.3 Å². The summed E-state index contributed by atoms with van der Waals surface area (Å²) in [6.07, 6.45) is -4.92. The van der Waals surface area contributed by atoms with Gasteiger partial charge in [-0.1, -0.05) is 52.0 Å². The third kappa shape index (κ3) is 13.7. The Morgan fingerprint density at radius 1 is 0.959 bits per heavy atom. The zero-order valence-corrected chi connectivity index (χ0v) is 46.8. The number of alkyl halides is 2. The second-order valence-electron chi connectivity index (χ2n) is 21.4. The third-order valence-electron chi connectivity index (χ3n) is 16.1. The van der Waals surface area contributed by atoms with Crippen LogP contribution in [0.5, 0.6) is 0 Å². The number of nitrogen functional groups attached to an aromatic ring is 1. The van der Waals surface area contributed by atoms with Crippen molar-refractivity contribution in [2.24, 2.45) is 29.6 Å². The zero-order chi connectivity index (χ0) is 54.5. The van der Waals surface area contributed by atoms with Crippen molar-refractivity contribution in [3.63, 3.8) is 0 Å². The van der Waals surface area contributed by atoms with Gasteiger partial charge in [0.25, 0.3) is 0 Å². The number of hydrogen-bond acceptors (Lipinski definition) is 18. The number of nitrogens with two attached hydrogens (primary N) is 1. The smallest absolute Gasteiger partial charge is 0.310 e. The number of esters is 1. The minimum atomic E-state index is -1.95. The second kappa shape index (κ2) is 25.4. The number of aliphatic hydroxyl groups excluding tert-OH is 3. The first-order chi connectivity index (χ1) is 34.2. The molecule has 4 heterocycles. The van der Waals surface area contributed by atoms with Crippen LogP contribution < -0.4 is 11.1 Å². The van der Waals surface area contributed by atoms with Crippen LogP contribution >= 0.6 is 22.6 Å². The number of likely N-dealkylation sites (N-methyl/N-ethyl adjacent to an activating group) is 1. The average Bonchev–Trinajstić information content (AvgIpc) is 3.36. The van der Waals surface area contributed by atoms with E-state index in [-0.39, 0.29) is 37.5 Å². The first kappa shape index (κ1) is 60.8. The Bertz CT molecular complexity index is 2130. The molecule has 0 saturated carbocycles. The van der Waals surface area contributed by atoms with Gasteiger partial charge in [-0.25, -0.2) is 14.4 Å². The SMILES string of the molecule is CO[C@H](c1ccc(-c2cnc(N)nc2)cc1)[C@@H](CF)NC(=O)CCN(C)[C@H]1C[C@@H](C)O[C@@H](O[C@@H]2[C@@H](C)C([C@H]3C[C@@](C)(OC)[C@@H](O)[C@H](C)O3)[C@@H](C)C(=O)O[C@H](I)[C@@](C)(O)[C@H](O)[C@@H](C)C(=N)[C@H](C)C[C@@]2(C)OC)[C@@H]1O. The Hall–Kier alpha value is -3.07. The molecule has 19 nitrogen and oxygen atoms in total. The molecule has 2 aromatic rings. The molecule has 3 aliphatic heterocycles. The van der Waals surface area contributed by atoms with E-state index < -0.39 is 136 Å². The summed E-state index contributed by atoms with van der Waals surface area (Å²) in [5.74, 6) is -4.77. The molecule has 5 rings (SSSR count). The zero-order valence-electron chi connectivity index (χ0n) is 44.7. The van der Waals surface area contributed by atoms with Crippen molar-refractivity contribution < 1.29 is 67.6 Å². The number of carbonyl (C=O) groups is 2. The van der Waals surface area contributed by atoms with Gasteiger partial charge in [0.05, 0.1) is 53.7 Å². The number of aliphatic hydroxyl groups is 4. The summed E-state index contributed by atoms with van der Waals surface area (Å²) in [5.41, 5.74) is 3.66. The van der Waals surface area contributed by atoms with Crippen LogP contribution in [0.2, 0.25) is 0 Å². The van der Waals surface area contributed by atoms with Crippen LogP contribution in [0.15, 0.2) is 36.7 Å². The van der Waals surface area contributed by atoms with Gasteiger partial charge in [-0.2, -0.15) is 0 Å². The van der Waals surface area contributed by atoms with Crippen LogP contribution in [0.3, 0.4) is 0 Å². The highest BCUT2D eigenvalue weighted by Gasteiger charge is 2.56. The van der Waals surface area contributed by atoms with Crippen molar-refractivity contribution in [2.75, 3.05) is 47.3 Å². The lowest BCUT2D eigenvalue weighted by Gasteiger charge is -2.52. The number of rotatable bonds is 15. The number of methoxy groups -OCH3 is 3. The van der Waals surface area contributed by atoms with E-state index in [1.807, 2.05) is 44.7 Å². The number of amides is 1. The summed E-state index contributed by atoms with van der Waals surface area (Å²) in [6.45, 7) is 14.9. The van der Waals surface area contributed by atoms with Crippen molar-refractivity contribution in [2.45, 2.75) is 176 Å². The number of cyclic esters (lactones) is 1. The van der Waals surface area contributed by atoms with E-state index in [2.05, 4.69) is 15.3 Å². The summed E-state index contributed by atoms with van der Waals surface area (Å²) in [7, 11) is 6.27. The fourth-order valence-electron chi connectivity index (χ4n) is 11.3. The molecule has 0 spiro atoms. The Morgan fingerprint density at radius 2 is 1.58 bits per heavy atom. The van der Waals surface area contributed by atoms with Gasteiger partial charge in [0.15, 0.2) is 10.4 Å². The number of halogens is 2. The summed E-state index contributed by atoms with van der Waals surface area (Å²) in [5, 5.41) is 59.0. The van der Waals surface area contributed by atoms with Gasteiger partial charge in [0.2, 0.25) is 11.9 Å². The summed E-state index contributed by atoms with van der Waals surface area (Å²) < 4.78 is 57.6. The normalized spacial score (nSPS) is 39.0. The van der Waals surface area contributed by atoms with Crippen molar-refractivity contribution in [3.05, 3.63) is 42.2 Å². The molecular formula is C52H82FIN6O13. The van der Waals surface area contributed by atoms with Crippen LogP contribution in [0.1, 0.15) is 99.7 Å². The molecule has 1 aromatic heterocycles. The van der Waals surface area contributed by atoms with E-state index in [4.69, 9.17) is 38.9 Å². The second-order valence-corrected chi connectivity index (χ2v) is 22.5. The van der Waals surface area contributed by atoms with Crippen molar-refractivity contribution in [1.82, 2.24) is 20.2 Å². The maximum absolute atomic E-state index is 14.7. The van der Waals surface area contributed by atoms with Gasteiger partial charge < -0.3 is 74.9 Å². The minimum absolute atomic E-state index is 0.0417. The van der Waals surface area contributed by atoms with Crippen LogP contribution in [-0.2, 0) is 42.7 Å². The molecule has 412 valence electrons. The number of nitrogens with zero attached hydrogens (tertiary/aromatic N) is 3. The topological polar surface area (TPSA) is 271 Å². The van der Waals surface area contributed by atoms with Gasteiger partial charge >= 0.3 is 5.97 Å². The summed E-state index contributed by atoms with van der Waals surface area (Å²) >= 11 is 1.80. The number of benzene rings is 1. The number of nitrogens with one attached hydrogen (secondary N) is 2. The van der Waals surface area contributed by atoms with E-state index in [1.165, 1.54) is 28.3 Å². The molecule has 1 amide bonds. The summed E-state index contributed by atoms with van der Waals surface area (Å²) in [6, 6.07) is 5.65. The number of anilines is 1. The third-order valence-corrected chi connectivity index (χ3v) is 17.6. The molecule has 3 saturated heterocycles. The van der Waals surface area contributed by atoms with Crippen molar-refractivity contribution in [3.8, 4) is 11.1 Å². The highest BCUT2D eigenvalue weighted by Crippen LogP contribution is 2.46. The van der Waals surface area contributed by atoms with Crippen LogP contribution in [0.25, 0.3) is 11.1 Å². The molecule has 21 heteroatoms. The molecule has 73 heavy (non-hydrogen) atoms. The molecular weight excluding hydrogens is 1060 g/mol. The molecule has 0 radical (unpaired) electrons. The maximum Gasteiger partial charge on any atom is 0.310 e. The standard InChI is InChI=1S/C52H82FIN6O13/c1-26-21-51(8,69-13)45(28(3)39(37-22-50(7,68-12)44(64)31(6)71-37)29(4)46(65)73-48(54)52(9,66)43(63)30(5)40(26)55)72-47-41(62)36(20-27(2)70-47)60(10)19-18-38(61)59-35(23-53)42(67-11)33-16-14-32(15-17-33)34-24-57-49(56)58-25-34/h14-17,24-31,35-37,39,41-45,47-48,55,62-64,66H,18-23H2,1-13H3,(H,59,61)(H2,56,57,58)/t26-,27-,28+,29-,30+,31+,35-,36+,37-,39?,41-,42-,43-,44+,45-,47+,48+,50-,51-,52+/m1/s1. The number of ether oxygens (including phenoxy) is 7. The molecule has 3 fully saturated rings. The predicted molar refractivity (Wildman–Crippen MR) is 279 cm³/mol. The average molecular weight is 1150 g/mol. The van der Waals surface area contributed by atoms with E-state index >= 15 is 0 Å². The Labute approximate surface area is 443 Å². The largest absolute Gasteiger partial charge is 0.448 e. The lowest BCUT2D eigenvalue weighted by Crippen LogP contribution is -2.62. The van der Waals surface area contributed by atoms with Crippen LogP contribution in [-0.4, -0.2) is 176 Å². The van der Waals surface area contributed by atoms with Gasteiger partial charge in [-0.15, -0.1) is 0 Å². The van der Waals surface area contributed by atoms with Crippen molar-refractivity contribution in [1.29, 1.82) is 5.41 Å². The molecule has 8 N–H and O–H groups in total. The highest BCUT2D eigenvalue weighted by molar-refractivity contribution is 14.1. The Morgan fingerprint density at radius 3 is 2.15 bits per heavy atom. The van der Waals surface area contributed by atoms with Gasteiger partial charge in [-0.3, -0.25) is 9.59 Å². The molecule has 1 unspecified atom stereocenters. The molecule has 1 aromatic carbocycles. The highest BCUT2D eigenvalue weighted by atomic mass is 127. The number of hydrogen-bond donors (Lipinski definition) is 7. The number of carbonyl (C=O) groups excluding carboxylic acids is 2. The maximum atomic E-state index is 14.7. The fraction of sp³-hybridized carbons (Fsp3) is 0.750. The van der Waals surface area contributed by atoms with E-state index in [1.54, 1.807) is 81.9 Å². The van der Waals surface area contributed by atoms with Gasteiger partial charge in [-0.05, 0) is 100 Å². The Balaban J connectivity index is 1.42. The van der Waals surface area contributed by atoms with Crippen LogP contribution in [0, 0.1) is 35.0 Å². The van der Waals surface area contributed by atoms with Crippen LogP contribution in [0.4, 0.5) is 10.3 Å². The summed E-state index contributed by atoms with van der Waals surface area (Å²) in [4.78, 5) is 38.0. The fourth-order valence-corrected chi connectivity index (χ4v) is 11.9. The van der Waals surface area contributed by atoms with E-state index in [0.717, 1.165) is 11.1 Å².